The minimum absolute atomic E-state index is 0.160. The average Bonchev–Trinajstić information content (AvgIpc) is 2.35. The van der Waals surface area contributed by atoms with Gasteiger partial charge in [0.15, 0.2) is 0 Å². The van der Waals surface area contributed by atoms with Crippen LogP contribution in [-0.2, 0) is 6.42 Å². The Hall–Kier alpha value is -0.710. The largest absolute Gasteiger partial charge is 0.508 e. The molecule has 17 heavy (non-hydrogen) atoms. The molecule has 0 heterocycles. The Balaban J connectivity index is 2.28. The first-order valence-electron chi connectivity index (χ1n) is 5.88. The maximum absolute atomic E-state index is 9.59. The lowest BCUT2D eigenvalue weighted by molar-refractivity contribution is 0.240. The Labute approximate surface area is 107 Å². The van der Waals surface area contributed by atoms with Crippen molar-refractivity contribution in [2.75, 3.05) is 25.2 Å². The summed E-state index contributed by atoms with van der Waals surface area (Å²) in [6, 6.07) is 7.53. The minimum atomic E-state index is 0.160. The summed E-state index contributed by atoms with van der Waals surface area (Å²) in [5.74, 6) is 1.40. The van der Waals surface area contributed by atoms with Crippen LogP contribution >= 0.6 is 11.8 Å². The van der Waals surface area contributed by atoms with Gasteiger partial charge in [0.1, 0.15) is 5.75 Å². The van der Waals surface area contributed by atoms with E-state index in [-0.39, 0.29) is 12.6 Å². The van der Waals surface area contributed by atoms with E-state index in [1.165, 1.54) is 0 Å². The van der Waals surface area contributed by atoms with Crippen molar-refractivity contribution in [1.29, 1.82) is 0 Å². The second-order valence-corrected chi connectivity index (χ2v) is 4.98. The molecule has 0 amide bonds. The molecule has 0 radical (unpaired) electrons. The highest BCUT2D eigenvalue weighted by atomic mass is 32.2. The van der Waals surface area contributed by atoms with Crippen LogP contribution in [0.2, 0.25) is 0 Å². The Kier molecular flexibility index (Phi) is 7.08. The highest BCUT2D eigenvalue weighted by Crippen LogP contribution is 2.15. The second kappa shape index (κ2) is 8.39. The molecule has 0 unspecified atom stereocenters. The SMILES string of the molecule is CSCC[C@@H](CO)NCCc1ccccc1O. The van der Waals surface area contributed by atoms with Gasteiger partial charge in [0.2, 0.25) is 0 Å². The third-order valence-electron chi connectivity index (χ3n) is 2.71. The molecule has 0 aliphatic carbocycles. The molecule has 0 bridgehead atoms. The van der Waals surface area contributed by atoms with Gasteiger partial charge in [-0.1, -0.05) is 18.2 Å². The molecule has 0 spiro atoms. The van der Waals surface area contributed by atoms with Crippen LogP contribution in [0, 0.1) is 0 Å². The van der Waals surface area contributed by atoms with Crippen LogP contribution in [0.4, 0.5) is 0 Å². The van der Waals surface area contributed by atoms with E-state index in [9.17, 15) is 10.2 Å². The number of benzene rings is 1. The molecule has 4 heteroatoms. The van der Waals surface area contributed by atoms with Gasteiger partial charge in [0, 0.05) is 6.04 Å². The van der Waals surface area contributed by atoms with Crippen molar-refractivity contribution in [1.82, 2.24) is 5.32 Å². The molecule has 3 N–H and O–H groups in total. The highest BCUT2D eigenvalue weighted by Gasteiger charge is 2.06. The summed E-state index contributed by atoms with van der Waals surface area (Å²) in [7, 11) is 0. The number of aromatic hydroxyl groups is 1. The van der Waals surface area contributed by atoms with Gasteiger partial charge >= 0.3 is 0 Å². The van der Waals surface area contributed by atoms with Crippen LogP contribution in [0.5, 0.6) is 5.75 Å². The molecule has 0 saturated carbocycles. The van der Waals surface area contributed by atoms with Gasteiger partial charge in [0.25, 0.3) is 0 Å². The second-order valence-electron chi connectivity index (χ2n) is 3.99. The molecular weight excluding hydrogens is 234 g/mol. The van der Waals surface area contributed by atoms with Crippen LogP contribution < -0.4 is 5.32 Å². The molecule has 1 atom stereocenters. The van der Waals surface area contributed by atoms with E-state index in [0.717, 1.165) is 30.7 Å². The molecule has 1 aromatic carbocycles. The van der Waals surface area contributed by atoms with Crippen molar-refractivity contribution in [3.63, 3.8) is 0 Å². The van der Waals surface area contributed by atoms with Crippen molar-refractivity contribution < 1.29 is 10.2 Å². The fourth-order valence-electron chi connectivity index (χ4n) is 1.65. The number of para-hydroxylation sites is 1. The molecule has 0 aliphatic rings. The molecule has 0 aliphatic heterocycles. The van der Waals surface area contributed by atoms with E-state index >= 15 is 0 Å². The van der Waals surface area contributed by atoms with Crippen molar-refractivity contribution >= 4 is 11.8 Å². The van der Waals surface area contributed by atoms with Crippen molar-refractivity contribution in [3.8, 4) is 5.75 Å². The van der Waals surface area contributed by atoms with Gasteiger partial charge in [-0.2, -0.15) is 11.8 Å². The van der Waals surface area contributed by atoms with Gasteiger partial charge in [-0.05, 0) is 43.0 Å². The summed E-state index contributed by atoms with van der Waals surface area (Å²) >= 11 is 1.79. The van der Waals surface area contributed by atoms with Crippen LogP contribution in [0.3, 0.4) is 0 Å². The maximum Gasteiger partial charge on any atom is 0.118 e. The van der Waals surface area contributed by atoms with Crippen LogP contribution in [0.15, 0.2) is 24.3 Å². The van der Waals surface area contributed by atoms with Gasteiger partial charge in [0.05, 0.1) is 6.61 Å². The highest BCUT2D eigenvalue weighted by molar-refractivity contribution is 7.98. The monoisotopic (exact) mass is 255 g/mol. The molecule has 1 rings (SSSR count). The van der Waals surface area contributed by atoms with Crippen molar-refractivity contribution in [2.24, 2.45) is 0 Å². The predicted molar refractivity (Wildman–Crippen MR) is 73.7 cm³/mol. The number of thioether (sulfide) groups is 1. The van der Waals surface area contributed by atoms with E-state index in [0.29, 0.717) is 5.75 Å². The zero-order valence-corrected chi connectivity index (χ0v) is 11.0. The van der Waals surface area contributed by atoms with Crippen LogP contribution in [0.25, 0.3) is 0 Å². The van der Waals surface area contributed by atoms with E-state index in [2.05, 4.69) is 11.6 Å². The van der Waals surface area contributed by atoms with E-state index in [1.54, 1.807) is 17.8 Å². The smallest absolute Gasteiger partial charge is 0.118 e. The first-order chi connectivity index (χ1) is 8.27. The Morgan fingerprint density at radius 3 is 2.76 bits per heavy atom. The zero-order valence-electron chi connectivity index (χ0n) is 10.2. The van der Waals surface area contributed by atoms with Gasteiger partial charge in [-0.3, -0.25) is 0 Å². The molecule has 1 aromatic rings. The third kappa shape index (κ3) is 5.44. The number of hydrogen-bond acceptors (Lipinski definition) is 4. The predicted octanol–water partition coefficient (Wildman–Crippen LogP) is 1.64. The van der Waals surface area contributed by atoms with Gasteiger partial charge < -0.3 is 15.5 Å². The number of hydrogen-bond donors (Lipinski definition) is 3. The molecule has 0 aromatic heterocycles. The number of aliphatic hydroxyl groups is 1. The quantitative estimate of drug-likeness (QED) is 0.661. The average molecular weight is 255 g/mol. The topological polar surface area (TPSA) is 52.5 Å². The summed E-state index contributed by atoms with van der Waals surface area (Å²) in [4.78, 5) is 0. The number of phenols is 1. The summed E-state index contributed by atoms with van der Waals surface area (Å²) < 4.78 is 0. The maximum atomic E-state index is 9.59. The van der Waals surface area contributed by atoms with Crippen molar-refractivity contribution in [3.05, 3.63) is 29.8 Å². The van der Waals surface area contributed by atoms with Crippen LogP contribution in [-0.4, -0.2) is 41.4 Å². The number of nitrogens with one attached hydrogen (secondary N) is 1. The Morgan fingerprint density at radius 1 is 1.35 bits per heavy atom. The molecular formula is C13H21NO2S. The number of phenolic OH excluding ortho intramolecular Hbond substituents is 1. The standard InChI is InChI=1S/C13H21NO2S/c1-17-9-7-12(10-15)14-8-6-11-4-2-3-5-13(11)16/h2-5,12,14-16H,6-10H2,1H3/t12-/m0/s1. The minimum Gasteiger partial charge on any atom is -0.508 e. The fourth-order valence-corrected chi connectivity index (χ4v) is 2.17. The first-order valence-corrected chi connectivity index (χ1v) is 7.27. The molecule has 0 saturated heterocycles. The third-order valence-corrected chi connectivity index (χ3v) is 3.35. The lowest BCUT2D eigenvalue weighted by Crippen LogP contribution is -2.34. The van der Waals surface area contributed by atoms with E-state index < -0.39 is 0 Å². The lowest BCUT2D eigenvalue weighted by atomic mass is 10.1. The summed E-state index contributed by atoms with van der Waals surface area (Å²) in [5, 5.41) is 22.1. The summed E-state index contributed by atoms with van der Waals surface area (Å²) in [5.41, 5.74) is 0.946. The fraction of sp³-hybridized carbons (Fsp3) is 0.538. The van der Waals surface area contributed by atoms with Gasteiger partial charge in [-0.15, -0.1) is 0 Å². The van der Waals surface area contributed by atoms with E-state index in [4.69, 9.17) is 0 Å². The van der Waals surface area contributed by atoms with Crippen LogP contribution in [0.1, 0.15) is 12.0 Å². The molecule has 96 valence electrons. The summed E-state index contributed by atoms with van der Waals surface area (Å²) in [6.45, 7) is 0.943. The van der Waals surface area contributed by atoms with E-state index in [1.807, 2.05) is 18.2 Å². The molecule has 3 nitrogen and oxygen atoms in total. The Bertz CT molecular complexity index is 320. The molecule has 0 fully saturated rings. The van der Waals surface area contributed by atoms with Gasteiger partial charge in [-0.25, -0.2) is 0 Å². The summed E-state index contributed by atoms with van der Waals surface area (Å²) in [6.07, 6.45) is 3.82. The normalized spacial score (nSPS) is 12.6. The number of aliphatic hydroxyl groups excluding tert-OH is 1. The van der Waals surface area contributed by atoms with Crippen molar-refractivity contribution in [2.45, 2.75) is 18.9 Å². The number of rotatable bonds is 8. The first kappa shape index (κ1) is 14.4. The Morgan fingerprint density at radius 2 is 2.12 bits per heavy atom. The lowest BCUT2D eigenvalue weighted by Gasteiger charge is -2.15. The zero-order chi connectivity index (χ0) is 12.5.